The number of allylic oxidation sites excluding steroid dienone is 2. The van der Waals surface area contributed by atoms with E-state index in [2.05, 4.69) is 67.7 Å². The summed E-state index contributed by atoms with van der Waals surface area (Å²) in [4.78, 5) is 0. The van der Waals surface area contributed by atoms with Gasteiger partial charge in [0.1, 0.15) is 25.8 Å². The van der Waals surface area contributed by atoms with E-state index in [-0.39, 0.29) is 35.9 Å². The van der Waals surface area contributed by atoms with E-state index in [9.17, 15) is 10.2 Å². The van der Waals surface area contributed by atoms with Crippen LogP contribution in [0.3, 0.4) is 0 Å². The van der Waals surface area contributed by atoms with Crippen molar-refractivity contribution in [3.8, 4) is 0 Å². The van der Waals surface area contributed by atoms with Crippen LogP contribution < -0.4 is 0 Å². The van der Waals surface area contributed by atoms with Crippen LogP contribution in [0.25, 0.3) is 0 Å². The number of ether oxygens (including phenoxy) is 4. The summed E-state index contributed by atoms with van der Waals surface area (Å²) in [5.74, 6) is 0. The van der Waals surface area contributed by atoms with E-state index >= 15 is 0 Å². The van der Waals surface area contributed by atoms with Gasteiger partial charge < -0.3 is 38.0 Å². The Balaban J connectivity index is 6.39. The minimum Gasteiger partial charge on any atom is -0.411 e. The molecule has 0 rings (SSSR count). The first kappa shape index (κ1) is 41.6. The van der Waals surface area contributed by atoms with Crippen molar-refractivity contribution in [2.75, 3.05) is 27.8 Å². The summed E-state index contributed by atoms with van der Waals surface area (Å²) in [6.07, 6.45) is 6.62. The van der Waals surface area contributed by atoms with E-state index < -0.39 is 41.1 Å². The number of aliphatic hydroxyl groups is 2. The van der Waals surface area contributed by atoms with Crippen LogP contribution in [-0.2, 0) is 27.8 Å². The Morgan fingerprint density at radius 2 is 0.905 bits per heavy atom. The third-order valence-corrected chi connectivity index (χ3v) is 17.7. The smallest absolute Gasteiger partial charge is 0.192 e. The van der Waals surface area contributed by atoms with Gasteiger partial charge in [0, 0.05) is 14.2 Å². The zero-order valence-corrected chi connectivity index (χ0v) is 31.4. The fourth-order valence-electron chi connectivity index (χ4n) is 4.01. The predicted molar refractivity (Wildman–Crippen MR) is 178 cm³/mol. The Hall–Kier alpha value is -0.406. The molecular weight excluding hydrogens is 569 g/mol. The van der Waals surface area contributed by atoms with Gasteiger partial charge >= 0.3 is 0 Å². The summed E-state index contributed by atoms with van der Waals surface area (Å²) in [6.45, 7) is 26.4. The van der Waals surface area contributed by atoms with Crippen molar-refractivity contribution in [3.05, 3.63) is 24.3 Å². The lowest BCUT2D eigenvalue weighted by molar-refractivity contribution is -0.0999. The minimum atomic E-state index is -2.22. The molecule has 0 aromatic rings. The van der Waals surface area contributed by atoms with Gasteiger partial charge in [-0.05, 0) is 75.8 Å². The molecule has 0 spiro atoms. The van der Waals surface area contributed by atoms with Gasteiger partial charge in [-0.2, -0.15) is 0 Å². The van der Waals surface area contributed by atoms with E-state index in [1.807, 2.05) is 38.2 Å². The predicted octanol–water partition coefficient (Wildman–Crippen LogP) is 7.18. The van der Waals surface area contributed by atoms with Gasteiger partial charge in [0.05, 0.1) is 24.4 Å². The van der Waals surface area contributed by atoms with Crippen LogP contribution in [-0.4, -0.2) is 91.3 Å². The molecule has 0 unspecified atom stereocenters. The molecule has 0 aromatic carbocycles. The van der Waals surface area contributed by atoms with Crippen molar-refractivity contribution in [2.45, 2.75) is 154 Å². The molecule has 0 saturated carbocycles. The summed E-state index contributed by atoms with van der Waals surface area (Å²) in [6, 6.07) is 0. The van der Waals surface area contributed by atoms with Gasteiger partial charge in [0.15, 0.2) is 16.6 Å². The maximum atomic E-state index is 11.2. The number of rotatable bonds is 21. The molecule has 10 heteroatoms. The zero-order valence-electron chi connectivity index (χ0n) is 29.4. The Labute approximate surface area is 260 Å². The number of hydrogen-bond acceptors (Lipinski definition) is 8. The van der Waals surface area contributed by atoms with E-state index in [0.29, 0.717) is 25.7 Å². The Kier molecular flexibility index (Phi) is 19.0. The minimum absolute atomic E-state index is 0.00896. The maximum absolute atomic E-state index is 11.2. The van der Waals surface area contributed by atoms with Crippen LogP contribution in [0, 0.1) is 0 Å². The van der Waals surface area contributed by atoms with Crippen molar-refractivity contribution in [1.29, 1.82) is 0 Å². The molecule has 0 aliphatic rings. The van der Waals surface area contributed by atoms with Crippen molar-refractivity contribution in [1.82, 2.24) is 0 Å². The molecule has 0 aliphatic heterocycles. The highest BCUT2D eigenvalue weighted by Crippen LogP contribution is 2.42. The van der Waals surface area contributed by atoms with Crippen LogP contribution in [0.15, 0.2) is 24.3 Å². The lowest BCUT2D eigenvalue weighted by atomic mass is 9.97. The summed E-state index contributed by atoms with van der Waals surface area (Å²) >= 11 is 0. The second-order valence-corrected chi connectivity index (χ2v) is 23.8. The van der Waals surface area contributed by atoms with E-state index in [1.54, 1.807) is 14.2 Å². The summed E-state index contributed by atoms with van der Waals surface area (Å²) < 4.78 is 35.9. The highest BCUT2D eigenvalue weighted by Gasteiger charge is 2.45. The first-order valence-electron chi connectivity index (χ1n) is 15.5. The lowest BCUT2D eigenvalue weighted by Crippen LogP contribution is -2.52. The normalized spacial score (nSPS) is 18.4. The van der Waals surface area contributed by atoms with Crippen molar-refractivity contribution >= 4 is 16.6 Å². The number of hydrogen-bond donors (Lipinski definition) is 2. The second kappa shape index (κ2) is 19.2. The molecule has 0 heterocycles. The fourth-order valence-corrected chi connectivity index (χ4v) is 6.77. The second-order valence-electron chi connectivity index (χ2n) is 14.2. The van der Waals surface area contributed by atoms with Crippen molar-refractivity contribution in [2.24, 2.45) is 0 Å². The largest absolute Gasteiger partial charge is 0.411 e. The molecule has 0 radical (unpaired) electrons. The molecule has 0 fully saturated rings. The van der Waals surface area contributed by atoms with Crippen LogP contribution in [0.5, 0.6) is 0 Å². The third kappa shape index (κ3) is 14.6. The van der Waals surface area contributed by atoms with Crippen LogP contribution >= 0.6 is 0 Å². The Morgan fingerprint density at radius 1 is 0.595 bits per heavy atom. The average Bonchev–Trinajstić information content (AvgIpc) is 2.87. The molecule has 0 bridgehead atoms. The standard InChI is InChI=1S/C32H66O8Si2/c1-15-17-27(37-23-35-9)25(33)19-21-29(39-41(11,12)31(3,4)5)30(40-42(13,14)32(6,7)8)22-20-26(34)28(18-16-2)38-24-36-10/h15-18,25-30,33-34H,19-24H2,1-14H3/b17-15+,18-16+/t25-,26-,27+,28+,29+,30+/m0/s1. The molecular formula is C32H66O8Si2. The third-order valence-electron chi connectivity index (χ3n) is 8.69. The highest BCUT2D eigenvalue weighted by atomic mass is 28.4. The molecule has 8 nitrogen and oxygen atoms in total. The van der Waals surface area contributed by atoms with Crippen molar-refractivity contribution < 1.29 is 38.0 Å². The van der Waals surface area contributed by atoms with Gasteiger partial charge in [0.25, 0.3) is 0 Å². The summed E-state index contributed by atoms with van der Waals surface area (Å²) in [7, 11) is -1.30. The SMILES string of the molecule is C/C=C/[C@@H](OCOC)[C@@H](O)CC[C@@H](O[Si](C)(C)C(C)(C)C)[C@@H](CC[C@H](O)[C@@H](/C=C/C)OCOC)O[Si](C)(C)C(C)(C)C. The first-order chi connectivity index (χ1) is 19.3. The summed E-state index contributed by atoms with van der Waals surface area (Å²) in [5.41, 5.74) is 0. The molecule has 0 saturated heterocycles. The fraction of sp³-hybridized carbons (Fsp3) is 0.875. The number of methoxy groups -OCH3 is 2. The molecule has 0 amide bonds. The molecule has 0 aliphatic carbocycles. The van der Waals surface area contributed by atoms with Crippen LogP contribution in [0.1, 0.15) is 81.1 Å². The number of aliphatic hydroxyl groups excluding tert-OH is 2. The van der Waals surface area contributed by atoms with Gasteiger partial charge in [-0.3, -0.25) is 0 Å². The molecule has 6 atom stereocenters. The van der Waals surface area contributed by atoms with Gasteiger partial charge in [-0.25, -0.2) is 0 Å². The van der Waals surface area contributed by atoms with E-state index in [4.69, 9.17) is 27.8 Å². The first-order valence-corrected chi connectivity index (χ1v) is 21.3. The maximum Gasteiger partial charge on any atom is 0.192 e. The van der Waals surface area contributed by atoms with Gasteiger partial charge in [-0.1, -0.05) is 65.8 Å². The van der Waals surface area contributed by atoms with E-state index in [0.717, 1.165) is 0 Å². The molecule has 0 aromatic heterocycles. The quantitative estimate of drug-likeness (QED) is 0.0779. The monoisotopic (exact) mass is 634 g/mol. The highest BCUT2D eigenvalue weighted by molar-refractivity contribution is 6.74. The van der Waals surface area contributed by atoms with Gasteiger partial charge in [-0.15, -0.1) is 0 Å². The van der Waals surface area contributed by atoms with Crippen LogP contribution in [0.2, 0.25) is 36.3 Å². The van der Waals surface area contributed by atoms with Crippen LogP contribution in [0.4, 0.5) is 0 Å². The topological polar surface area (TPSA) is 95.8 Å². The molecule has 42 heavy (non-hydrogen) atoms. The average molecular weight is 635 g/mol. The Bertz CT molecular complexity index is 709. The van der Waals surface area contributed by atoms with Gasteiger partial charge in [0.2, 0.25) is 0 Å². The zero-order chi connectivity index (χ0) is 32.8. The molecule has 2 N–H and O–H groups in total. The lowest BCUT2D eigenvalue weighted by Gasteiger charge is -2.45. The molecule has 250 valence electrons. The van der Waals surface area contributed by atoms with E-state index in [1.165, 1.54) is 0 Å². The van der Waals surface area contributed by atoms with Crippen molar-refractivity contribution in [3.63, 3.8) is 0 Å². The summed E-state index contributed by atoms with van der Waals surface area (Å²) in [5, 5.41) is 22.3. The Morgan fingerprint density at radius 3 is 1.14 bits per heavy atom.